The van der Waals surface area contributed by atoms with Gasteiger partial charge in [-0.15, -0.1) is 0 Å². The molecule has 0 fully saturated rings. The molecule has 4 nitrogen and oxygen atoms in total. The van der Waals surface area contributed by atoms with Crippen LogP contribution in [0.25, 0.3) is 0 Å². The number of hydrogen-bond donors (Lipinski definition) is 2. The second-order valence-electron chi connectivity index (χ2n) is 4.90. The van der Waals surface area contributed by atoms with Crippen molar-refractivity contribution in [1.82, 2.24) is 5.32 Å². The fourth-order valence-corrected chi connectivity index (χ4v) is 1.45. The first kappa shape index (κ1) is 14.7. The minimum Gasteiger partial charge on any atom is -0.465 e. The van der Waals surface area contributed by atoms with Gasteiger partial charge in [-0.1, -0.05) is 18.2 Å². The number of carbonyl (C=O) groups is 1. The van der Waals surface area contributed by atoms with Gasteiger partial charge in [-0.25, -0.2) is 4.79 Å². The molecule has 0 aliphatic rings. The summed E-state index contributed by atoms with van der Waals surface area (Å²) in [6.45, 7) is 6.07. The summed E-state index contributed by atoms with van der Waals surface area (Å²) in [4.78, 5) is 11.6. The van der Waals surface area contributed by atoms with E-state index in [9.17, 15) is 9.90 Å². The second kappa shape index (κ2) is 5.98. The zero-order valence-corrected chi connectivity index (χ0v) is 11.4. The molecule has 1 atom stereocenters. The molecule has 18 heavy (non-hydrogen) atoms. The summed E-state index contributed by atoms with van der Waals surface area (Å²) < 4.78 is 4.74. The Kier molecular flexibility index (Phi) is 4.87. The standard InChI is InChI=1S/C14H21NO3/c1-10(16)14(2,3)15-9-11-7-5-6-8-12(11)13(17)18-4/h5-8,10,15-16H,9H2,1-4H3. The molecule has 0 radical (unpaired) electrons. The van der Waals surface area contributed by atoms with Crippen LogP contribution in [0, 0.1) is 0 Å². The molecular weight excluding hydrogens is 230 g/mol. The summed E-state index contributed by atoms with van der Waals surface area (Å²) in [5.41, 5.74) is 0.996. The van der Waals surface area contributed by atoms with E-state index in [1.165, 1.54) is 7.11 Å². The normalized spacial score (nSPS) is 13.2. The molecule has 4 heteroatoms. The van der Waals surface area contributed by atoms with Crippen LogP contribution in [0.3, 0.4) is 0 Å². The molecule has 0 aliphatic heterocycles. The van der Waals surface area contributed by atoms with E-state index in [0.717, 1.165) is 5.56 Å². The lowest BCUT2D eigenvalue weighted by atomic mass is 9.97. The van der Waals surface area contributed by atoms with E-state index in [0.29, 0.717) is 12.1 Å². The van der Waals surface area contributed by atoms with Crippen LogP contribution in [0.4, 0.5) is 0 Å². The van der Waals surface area contributed by atoms with Crippen molar-refractivity contribution < 1.29 is 14.6 Å². The maximum atomic E-state index is 11.6. The van der Waals surface area contributed by atoms with Gasteiger partial charge in [0.25, 0.3) is 0 Å². The summed E-state index contributed by atoms with van der Waals surface area (Å²) in [5.74, 6) is -0.345. The van der Waals surface area contributed by atoms with E-state index in [-0.39, 0.29) is 5.97 Å². The lowest BCUT2D eigenvalue weighted by molar-refractivity contribution is 0.0598. The van der Waals surface area contributed by atoms with Crippen molar-refractivity contribution in [2.45, 2.75) is 39.0 Å². The molecule has 0 aromatic heterocycles. The molecule has 0 heterocycles. The lowest BCUT2D eigenvalue weighted by Crippen LogP contribution is -2.47. The Balaban J connectivity index is 2.82. The number of ether oxygens (including phenoxy) is 1. The fraction of sp³-hybridized carbons (Fsp3) is 0.500. The largest absolute Gasteiger partial charge is 0.465 e. The van der Waals surface area contributed by atoms with Crippen LogP contribution in [-0.4, -0.2) is 29.8 Å². The predicted molar refractivity (Wildman–Crippen MR) is 70.4 cm³/mol. The van der Waals surface area contributed by atoms with Crippen LogP contribution >= 0.6 is 0 Å². The average Bonchev–Trinajstić information content (AvgIpc) is 2.35. The van der Waals surface area contributed by atoms with Crippen LogP contribution in [0.15, 0.2) is 24.3 Å². The summed E-state index contributed by atoms with van der Waals surface area (Å²) >= 11 is 0. The zero-order valence-electron chi connectivity index (χ0n) is 11.4. The molecule has 0 amide bonds. The van der Waals surface area contributed by atoms with Gasteiger partial charge in [-0.2, -0.15) is 0 Å². The summed E-state index contributed by atoms with van der Waals surface area (Å²) in [6, 6.07) is 7.28. The first-order valence-corrected chi connectivity index (χ1v) is 5.98. The Labute approximate surface area is 108 Å². The Morgan fingerprint density at radius 3 is 2.61 bits per heavy atom. The van der Waals surface area contributed by atoms with Crippen molar-refractivity contribution in [3.05, 3.63) is 35.4 Å². The van der Waals surface area contributed by atoms with Gasteiger partial charge in [0.1, 0.15) is 0 Å². The Bertz CT molecular complexity index is 413. The van der Waals surface area contributed by atoms with Gasteiger partial charge in [0.2, 0.25) is 0 Å². The van der Waals surface area contributed by atoms with Gasteiger partial charge in [-0.05, 0) is 32.4 Å². The lowest BCUT2D eigenvalue weighted by Gasteiger charge is -2.29. The van der Waals surface area contributed by atoms with Gasteiger partial charge >= 0.3 is 5.97 Å². The second-order valence-corrected chi connectivity index (χ2v) is 4.90. The van der Waals surface area contributed by atoms with E-state index >= 15 is 0 Å². The Morgan fingerprint density at radius 1 is 1.44 bits per heavy atom. The van der Waals surface area contributed by atoms with Gasteiger partial charge < -0.3 is 15.2 Å². The summed E-state index contributed by atoms with van der Waals surface area (Å²) in [6.07, 6.45) is -0.484. The van der Waals surface area contributed by atoms with Gasteiger partial charge in [0.15, 0.2) is 0 Å². The first-order chi connectivity index (χ1) is 8.38. The molecule has 0 bridgehead atoms. The molecule has 2 N–H and O–H groups in total. The van der Waals surface area contributed by atoms with E-state index in [1.54, 1.807) is 19.1 Å². The number of carbonyl (C=O) groups excluding carboxylic acids is 1. The van der Waals surface area contributed by atoms with Crippen LogP contribution in [0.5, 0.6) is 0 Å². The third-order valence-electron chi connectivity index (χ3n) is 3.20. The highest BCUT2D eigenvalue weighted by Gasteiger charge is 2.23. The molecule has 1 unspecified atom stereocenters. The third kappa shape index (κ3) is 3.55. The van der Waals surface area contributed by atoms with Crippen LogP contribution in [0.1, 0.15) is 36.7 Å². The number of methoxy groups -OCH3 is 1. The summed E-state index contributed by atoms with van der Waals surface area (Å²) in [5, 5.41) is 12.9. The van der Waals surface area contributed by atoms with E-state index in [1.807, 2.05) is 26.0 Å². The van der Waals surface area contributed by atoms with Gasteiger partial charge in [0.05, 0.1) is 18.8 Å². The van der Waals surface area contributed by atoms with Crippen LogP contribution in [-0.2, 0) is 11.3 Å². The number of benzene rings is 1. The number of aliphatic hydroxyl groups is 1. The molecule has 0 aliphatic carbocycles. The van der Waals surface area contributed by atoms with Crippen molar-refractivity contribution in [2.24, 2.45) is 0 Å². The molecule has 0 saturated heterocycles. The number of hydrogen-bond acceptors (Lipinski definition) is 4. The van der Waals surface area contributed by atoms with Crippen molar-refractivity contribution in [3.63, 3.8) is 0 Å². The highest BCUT2D eigenvalue weighted by atomic mass is 16.5. The monoisotopic (exact) mass is 251 g/mol. The average molecular weight is 251 g/mol. The maximum Gasteiger partial charge on any atom is 0.338 e. The smallest absolute Gasteiger partial charge is 0.338 e. The van der Waals surface area contributed by atoms with E-state index in [4.69, 9.17) is 4.74 Å². The third-order valence-corrected chi connectivity index (χ3v) is 3.20. The zero-order chi connectivity index (χ0) is 13.8. The van der Waals surface area contributed by atoms with E-state index in [2.05, 4.69) is 5.32 Å². The van der Waals surface area contributed by atoms with Gasteiger partial charge in [0, 0.05) is 12.1 Å². The summed E-state index contributed by atoms with van der Waals surface area (Å²) in [7, 11) is 1.37. The van der Waals surface area contributed by atoms with Crippen LogP contribution in [0.2, 0.25) is 0 Å². The minimum atomic E-state index is -0.484. The van der Waals surface area contributed by atoms with E-state index < -0.39 is 11.6 Å². The molecule has 0 saturated carbocycles. The number of esters is 1. The SMILES string of the molecule is COC(=O)c1ccccc1CNC(C)(C)C(C)O. The van der Waals surface area contributed by atoms with Crippen molar-refractivity contribution in [1.29, 1.82) is 0 Å². The highest BCUT2D eigenvalue weighted by molar-refractivity contribution is 5.90. The molecule has 0 spiro atoms. The van der Waals surface area contributed by atoms with Gasteiger partial charge in [-0.3, -0.25) is 0 Å². The molecule has 1 aromatic carbocycles. The first-order valence-electron chi connectivity index (χ1n) is 5.98. The Morgan fingerprint density at radius 2 is 2.06 bits per heavy atom. The fourth-order valence-electron chi connectivity index (χ4n) is 1.45. The topological polar surface area (TPSA) is 58.6 Å². The van der Waals surface area contributed by atoms with Crippen molar-refractivity contribution in [3.8, 4) is 0 Å². The quantitative estimate of drug-likeness (QED) is 0.782. The minimum absolute atomic E-state index is 0.345. The molecular formula is C14H21NO3. The van der Waals surface area contributed by atoms with Crippen molar-refractivity contribution >= 4 is 5.97 Å². The Hall–Kier alpha value is -1.39. The molecule has 1 rings (SSSR count). The van der Waals surface area contributed by atoms with Crippen LogP contribution < -0.4 is 5.32 Å². The number of rotatable bonds is 5. The molecule has 1 aromatic rings. The molecule has 100 valence electrons. The highest BCUT2D eigenvalue weighted by Crippen LogP contribution is 2.14. The predicted octanol–water partition coefficient (Wildman–Crippen LogP) is 1.72. The number of nitrogens with one attached hydrogen (secondary N) is 1. The maximum absolute atomic E-state index is 11.6. The van der Waals surface area contributed by atoms with Crippen molar-refractivity contribution in [2.75, 3.05) is 7.11 Å². The number of aliphatic hydroxyl groups excluding tert-OH is 1.